The summed E-state index contributed by atoms with van der Waals surface area (Å²) in [6.07, 6.45) is -0.346. The van der Waals surface area contributed by atoms with Gasteiger partial charge in [0.15, 0.2) is 23.0 Å². The van der Waals surface area contributed by atoms with Crippen LogP contribution in [-0.2, 0) is 16.1 Å². The van der Waals surface area contributed by atoms with E-state index in [0.717, 1.165) is 0 Å². The van der Waals surface area contributed by atoms with Gasteiger partial charge in [0.1, 0.15) is 9.92 Å². The van der Waals surface area contributed by atoms with Crippen LogP contribution in [0.1, 0.15) is 26.3 Å². The van der Waals surface area contributed by atoms with Crippen molar-refractivity contribution in [3.8, 4) is 28.7 Å². The number of benzene rings is 2. The lowest BCUT2D eigenvalue weighted by Gasteiger charge is -2.36. The lowest BCUT2D eigenvalue weighted by Crippen LogP contribution is -2.51. The van der Waals surface area contributed by atoms with Gasteiger partial charge in [-0.2, -0.15) is 0 Å². The Kier molecular flexibility index (Phi) is 11.4. The van der Waals surface area contributed by atoms with E-state index in [2.05, 4.69) is 0 Å². The zero-order chi connectivity index (χ0) is 31.0. The van der Waals surface area contributed by atoms with Crippen LogP contribution in [0.25, 0.3) is 0 Å². The number of phenols is 1. The van der Waals surface area contributed by atoms with Gasteiger partial charge in [-0.3, -0.25) is 4.79 Å². The Bertz CT molecular complexity index is 1250. The fraction of sp³-hybridized carbons (Fsp3) is 0.483. The number of methoxy groups -OCH3 is 4. The molecule has 0 aliphatic carbocycles. The molecule has 1 N–H and O–H groups in total. The molecule has 0 spiro atoms. The van der Waals surface area contributed by atoms with Gasteiger partial charge in [-0.25, -0.2) is 4.79 Å². The van der Waals surface area contributed by atoms with Crippen LogP contribution in [0.3, 0.4) is 0 Å². The topological polar surface area (TPSA) is 110 Å². The monoisotopic (exact) mass is 621 g/mol. The first kappa shape index (κ1) is 32.9. The molecule has 11 nitrogen and oxygen atoms in total. The highest BCUT2D eigenvalue weighted by Crippen LogP contribution is 2.41. The molecule has 0 aromatic heterocycles. The molecule has 2 amide bonds. The highest BCUT2D eigenvalue weighted by atomic mass is 32.2. The second kappa shape index (κ2) is 14.5. The molecule has 0 atom stereocenters. The second-order valence-corrected chi connectivity index (χ2v) is 12.0. The van der Waals surface area contributed by atoms with Gasteiger partial charge >= 0.3 is 6.09 Å². The number of rotatable bonds is 9. The quantitative estimate of drug-likeness (QED) is 0.399. The van der Waals surface area contributed by atoms with Gasteiger partial charge in [-0.1, -0.05) is 30.0 Å². The maximum Gasteiger partial charge on any atom is 0.410 e. The molecule has 1 aliphatic rings. The number of phenolic OH excluding ortho intramolecular Hbond substituents is 1. The molecule has 13 heteroatoms. The standard InChI is InChI=1S/C29H39N3O8S2/c1-29(2,3)40-27(35)30-10-12-31(13-11-30)28(41)42-18-25(34)32(17-19-8-9-22(36-4)21(33)14-19)20-15-23(37-5)26(39-7)24(16-20)38-6/h8-9,14-16,33H,10-13,17-18H2,1-7H3. The molecule has 0 radical (unpaired) electrons. The number of piperazine rings is 1. The lowest BCUT2D eigenvalue weighted by atomic mass is 10.1. The third kappa shape index (κ3) is 8.48. The first-order valence-corrected chi connectivity index (χ1v) is 14.7. The summed E-state index contributed by atoms with van der Waals surface area (Å²) in [5.74, 6) is 1.33. The summed E-state index contributed by atoms with van der Waals surface area (Å²) >= 11 is 6.91. The SMILES string of the molecule is COc1ccc(CN(C(=O)CSC(=S)N2CCN(C(=O)OC(C)(C)C)CC2)c2cc(OC)c(OC)c(OC)c2)cc1O. The van der Waals surface area contributed by atoms with Crippen molar-refractivity contribution >= 4 is 46.0 Å². The molecule has 2 aromatic carbocycles. The molecule has 42 heavy (non-hydrogen) atoms. The van der Waals surface area contributed by atoms with Crippen LogP contribution >= 0.6 is 24.0 Å². The van der Waals surface area contributed by atoms with Crippen LogP contribution in [-0.4, -0.2) is 97.2 Å². The Labute approximate surface area is 256 Å². The largest absolute Gasteiger partial charge is 0.504 e. The fourth-order valence-corrected chi connectivity index (χ4v) is 5.38. The number of aromatic hydroxyl groups is 1. The number of anilines is 1. The van der Waals surface area contributed by atoms with E-state index in [1.807, 2.05) is 25.7 Å². The minimum Gasteiger partial charge on any atom is -0.504 e. The van der Waals surface area contributed by atoms with Gasteiger partial charge in [-0.05, 0) is 38.5 Å². The fourth-order valence-electron chi connectivity index (χ4n) is 4.25. The summed E-state index contributed by atoms with van der Waals surface area (Å²) < 4.78 is 27.7. The van der Waals surface area contributed by atoms with E-state index < -0.39 is 5.60 Å². The third-order valence-electron chi connectivity index (χ3n) is 6.35. The highest BCUT2D eigenvalue weighted by Gasteiger charge is 2.28. The number of thiocarbonyl (C=S) groups is 1. The number of hydrogen-bond acceptors (Lipinski definition) is 10. The van der Waals surface area contributed by atoms with Crippen molar-refractivity contribution in [2.24, 2.45) is 0 Å². The van der Waals surface area contributed by atoms with E-state index in [1.54, 1.807) is 40.1 Å². The molecule has 3 rings (SSSR count). The maximum atomic E-state index is 13.7. The van der Waals surface area contributed by atoms with E-state index in [4.69, 9.17) is 35.9 Å². The Hall–Kier alpha value is -3.58. The molecule has 0 saturated carbocycles. The van der Waals surface area contributed by atoms with Crippen molar-refractivity contribution in [3.05, 3.63) is 35.9 Å². The highest BCUT2D eigenvalue weighted by molar-refractivity contribution is 8.23. The van der Waals surface area contributed by atoms with Crippen molar-refractivity contribution in [3.63, 3.8) is 0 Å². The van der Waals surface area contributed by atoms with Gasteiger partial charge in [0.2, 0.25) is 11.7 Å². The number of nitrogens with zero attached hydrogens (tertiary/aromatic N) is 3. The van der Waals surface area contributed by atoms with Crippen LogP contribution in [0.5, 0.6) is 28.7 Å². The molecule has 1 aliphatic heterocycles. The van der Waals surface area contributed by atoms with Gasteiger partial charge in [0, 0.05) is 38.3 Å². The number of thioether (sulfide) groups is 1. The van der Waals surface area contributed by atoms with E-state index in [0.29, 0.717) is 64.7 Å². The first-order valence-electron chi connectivity index (χ1n) is 13.3. The number of hydrogen-bond donors (Lipinski definition) is 1. The van der Waals surface area contributed by atoms with E-state index in [-0.39, 0.29) is 30.0 Å². The van der Waals surface area contributed by atoms with Crippen molar-refractivity contribution in [1.29, 1.82) is 0 Å². The molecule has 1 fully saturated rings. The van der Waals surface area contributed by atoms with Crippen molar-refractivity contribution in [2.45, 2.75) is 32.9 Å². The van der Waals surface area contributed by atoms with Crippen LogP contribution in [0.4, 0.5) is 10.5 Å². The minimum absolute atomic E-state index is 0.0339. The Morgan fingerprint density at radius 3 is 1.98 bits per heavy atom. The van der Waals surface area contributed by atoms with Crippen molar-refractivity contribution in [1.82, 2.24) is 9.80 Å². The number of ether oxygens (including phenoxy) is 5. The Morgan fingerprint density at radius 1 is 0.905 bits per heavy atom. The number of amides is 2. The van der Waals surface area contributed by atoms with E-state index in [9.17, 15) is 14.7 Å². The molecular weight excluding hydrogens is 582 g/mol. The summed E-state index contributed by atoms with van der Waals surface area (Å²) in [6, 6.07) is 8.37. The molecule has 1 saturated heterocycles. The zero-order valence-electron chi connectivity index (χ0n) is 25.1. The first-order chi connectivity index (χ1) is 19.9. The van der Waals surface area contributed by atoms with Crippen molar-refractivity contribution in [2.75, 3.05) is 65.3 Å². The normalized spacial score (nSPS) is 13.3. The molecule has 2 aromatic rings. The van der Waals surface area contributed by atoms with Crippen LogP contribution < -0.4 is 23.8 Å². The van der Waals surface area contributed by atoms with E-state index in [1.165, 1.54) is 40.2 Å². The van der Waals surface area contributed by atoms with Gasteiger partial charge in [0.25, 0.3) is 0 Å². The summed E-state index contributed by atoms with van der Waals surface area (Å²) in [5, 5.41) is 10.3. The summed E-state index contributed by atoms with van der Waals surface area (Å²) in [4.78, 5) is 31.4. The lowest BCUT2D eigenvalue weighted by molar-refractivity contribution is -0.116. The Balaban J connectivity index is 1.76. The van der Waals surface area contributed by atoms with Gasteiger partial charge in [0.05, 0.1) is 46.4 Å². The Morgan fingerprint density at radius 2 is 1.48 bits per heavy atom. The van der Waals surface area contributed by atoms with Crippen LogP contribution in [0, 0.1) is 0 Å². The van der Waals surface area contributed by atoms with Crippen LogP contribution in [0.2, 0.25) is 0 Å². The molecular formula is C29H39N3O8S2. The second-order valence-electron chi connectivity index (χ2n) is 10.4. The molecule has 230 valence electrons. The smallest absolute Gasteiger partial charge is 0.410 e. The zero-order valence-corrected chi connectivity index (χ0v) is 26.7. The summed E-state index contributed by atoms with van der Waals surface area (Å²) in [7, 11) is 5.99. The third-order valence-corrected chi connectivity index (χ3v) is 7.86. The predicted octanol–water partition coefficient (Wildman–Crippen LogP) is 4.53. The van der Waals surface area contributed by atoms with E-state index >= 15 is 0 Å². The maximum absolute atomic E-state index is 13.7. The summed E-state index contributed by atoms with van der Waals surface area (Å²) in [5.41, 5.74) is 0.636. The summed E-state index contributed by atoms with van der Waals surface area (Å²) in [6.45, 7) is 7.69. The van der Waals surface area contributed by atoms with Gasteiger partial charge < -0.3 is 43.5 Å². The van der Waals surface area contributed by atoms with Gasteiger partial charge in [-0.15, -0.1) is 0 Å². The average molecular weight is 622 g/mol. The molecule has 1 heterocycles. The molecule has 0 unspecified atom stereocenters. The number of carbonyl (C=O) groups is 2. The predicted molar refractivity (Wildman–Crippen MR) is 166 cm³/mol. The number of carbonyl (C=O) groups excluding carboxylic acids is 2. The average Bonchev–Trinajstić information content (AvgIpc) is 2.96. The minimum atomic E-state index is -0.561. The molecule has 0 bridgehead atoms. The van der Waals surface area contributed by atoms with Crippen LogP contribution in [0.15, 0.2) is 30.3 Å². The van der Waals surface area contributed by atoms with Crippen molar-refractivity contribution < 1.29 is 38.4 Å².